The van der Waals surface area contributed by atoms with Crippen LogP contribution in [0.4, 0.5) is 8.78 Å². The highest BCUT2D eigenvalue weighted by Gasteiger charge is 2.21. The molecule has 1 aromatic heterocycles. The van der Waals surface area contributed by atoms with E-state index in [4.69, 9.17) is 4.74 Å². The molecule has 0 atom stereocenters. The summed E-state index contributed by atoms with van der Waals surface area (Å²) in [6.07, 6.45) is 0.761. The van der Waals surface area contributed by atoms with Crippen molar-refractivity contribution in [3.8, 4) is 0 Å². The van der Waals surface area contributed by atoms with E-state index < -0.39 is 27.6 Å². The average molecular weight is 437 g/mol. The van der Waals surface area contributed by atoms with E-state index in [0.29, 0.717) is 29.5 Å². The summed E-state index contributed by atoms with van der Waals surface area (Å²) in [6.45, 7) is 2.27. The van der Waals surface area contributed by atoms with Crippen LogP contribution in [0.15, 0.2) is 41.3 Å². The molecule has 0 spiro atoms. The minimum atomic E-state index is -3.63. The second kappa shape index (κ2) is 8.49. The summed E-state index contributed by atoms with van der Waals surface area (Å²) < 4.78 is 59.7. The van der Waals surface area contributed by atoms with Crippen molar-refractivity contribution in [2.75, 3.05) is 14.1 Å². The van der Waals surface area contributed by atoms with Crippen LogP contribution in [0.25, 0.3) is 11.0 Å². The zero-order chi connectivity index (χ0) is 22.1. The number of aryl methyl sites for hydroxylation is 1. The first-order valence-electron chi connectivity index (χ1n) is 9.19. The lowest BCUT2D eigenvalue weighted by molar-refractivity contribution is 0.0453. The van der Waals surface area contributed by atoms with Gasteiger partial charge in [0.2, 0.25) is 10.0 Å². The van der Waals surface area contributed by atoms with Gasteiger partial charge in [-0.1, -0.05) is 6.92 Å². The molecule has 0 saturated carbocycles. The highest BCUT2D eigenvalue weighted by molar-refractivity contribution is 7.89. The van der Waals surface area contributed by atoms with Crippen LogP contribution in [-0.4, -0.2) is 42.3 Å². The number of benzene rings is 2. The van der Waals surface area contributed by atoms with Gasteiger partial charge in [-0.05, 0) is 36.8 Å². The molecule has 0 unspecified atom stereocenters. The van der Waals surface area contributed by atoms with Crippen molar-refractivity contribution in [3.05, 3.63) is 59.4 Å². The van der Waals surface area contributed by atoms with Gasteiger partial charge in [0.1, 0.15) is 24.1 Å². The van der Waals surface area contributed by atoms with E-state index >= 15 is 0 Å². The SMILES string of the molecule is CCCn1c(COC(=O)c2ccc(F)cc2F)nc2cc(S(=O)(=O)N(C)C)ccc21. The number of hydrogen-bond acceptors (Lipinski definition) is 5. The Balaban J connectivity index is 1.92. The fraction of sp³-hybridized carbons (Fsp3) is 0.300. The number of rotatable bonds is 7. The summed E-state index contributed by atoms with van der Waals surface area (Å²) >= 11 is 0. The Morgan fingerprint density at radius 1 is 1.17 bits per heavy atom. The normalized spacial score (nSPS) is 11.9. The van der Waals surface area contributed by atoms with Crippen LogP contribution < -0.4 is 0 Å². The lowest BCUT2D eigenvalue weighted by atomic mass is 10.2. The number of esters is 1. The third-order valence-electron chi connectivity index (χ3n) is 4.51. The predicted molar refractivity (Wildman–Crippen MR) is 106 cm³/mol. The number of carbonyl (C=O) groups excluding carboxylic acids is 1. The maximum atomic E-state index is 13.8. The lowest BCUT2D eigenvalue weighted by Gasteiger charge is -2.11. The number of fused-ring (bicyclic) bond motifs is 1. The Morgan fingerprint density at radius 3 is 2.53 bits per heavy atom. The smallest absolute Gasteiger partial charge is 0.341 e. The Hall–Kier alpha value is -2.85. The first-order chi connectivity index (χ1) is 14.1. The maximum Gasteiger partial charge on any atom is 0.341 e. The summed E-state index contributed by atoms with van der Waals surface area (Å²) in [5, 5.41) is 0. The van der Waals surface area contributed by atoms with Crippen molar-refractivity contribution in [1.29, 1.82) is 0 Å². The van der Waals surface area contributed by atoms with Crippen molar-refractivity contribution in [2.24, 2.45) is 0 Å². The minimum absolute atomic E-state index is 0.0954. The number of sulfonamides is 1. The number of hydrogen-bond donors (Lipinski definition) is 0. The van der Waals surface area contributed by atoms with Crippen LogP contribution >= 0.6 is 0 Å². The van der Waals surface area contributed by atoms with E-state index in [1.54, 1.807) is 6.07 Å². The summed E-state index contributed by atoms with van der Waals surface area (Å²) in [6, 6.07) is 7.20. The molecular formula is C20H21F2N3O4S. The first kappa shape index (κ1) is 21.8. The summed E-state index contributed by atoms with van der Waals surface area (Å²) in [7, 11) is -0.750. The second-order valence-electron chi connectivity index (χ2n) is 6.82. The van der Waals surface area contributed by atoms with Crippen molar-refractivity contribution >= 4 is 27.0 Å². The fourth-order valence-electron chi connectivity index (χ4n) is 2.98. The zero-order valence-corrected chi connectivity index (χ0v) is 17.5. The third-order valence-corrected chi connectivity index (χ3v) is 6.32. The van der Waals surface area contributed by atoms with E-state index in [9.17, 15) is 22.0 Å². The highest BCUT2D eigenvalue weighted by Crippen LogP contribution is 2.23. The molecule has 2 aromatic carbocycles. The van der Waals surface area contributed by atoms with Crippen molar-refractivity contribution < 1.29 is 26.7 Å². The Labute approximate surface area is 172 Å². The van der Waals surface area contributed by atoms with Gasteiger partial charge in [0, 0.05) is 26.7 Å². The van der Waals surface area contributed by atoms with E-state index in [0.717, 1.165) is 22.9 Å². The van der Waals surface area contributed by atoms with Gasteiger partial charge in [-0.15, -0.1) is 0 Å². The molecule has 30 heavy (non-hydrogen) atoms. The van der Waals surface area contributed by atoms with Crippen molar-refractivity contribution in [3.63, 3.8) is 0 Å². The van der Waals surface area contributed by atoms with Gasteiger partial charge >= 0.3 is 5.97 Å². The quantitative estimate of drug-likeness (QED) is 0.530. The molecule has 3 rings (SSSR count). The minimum Gasteiger partial charge on any atom is -0.454 e. The molecule has 10 heteroatoms. The number of carbonyl (C=O) groups is 1. The summed E-state index contributed by atoms with van der Waals surface area (Å²) in [4.78, 5) is 16.7. The molecule has 0 fully saturated rings. The molecule has 0 N–H and O–H groups in total. The Kier molecular flexibility index (Phi) is 6.18. The number of aromatic nitrogens is 2. The molecule has 0 aliphatic heterocycles. The molecule has 3 aromatic rings. The summed E-state index contributed by atoms with van der Waals surface area (Å²) in [5.74, 6) is -2.36. The number of imidazole rings is 1. The van der Waals surface area contributed by atoms with Gasteiger partial charge < -0.3 is 9.30 Å². The van der Waals surface area contributed by atoms with E-state index in [1.807, 2.05) is 11.5 Å². The molecule has 0 aliphatic carbocycles. The van der Waals surface area contributed by atoms with Crippen LogP contribution in [0.3, 0.4) is 0 Å². The van der Waals surface area contributed by atoms with Gasteiger partial charge in [0.05, 0.1) is 21.5 Å². The molecular weight excluding hydrogens is 416 g/mol. The molecule has 0 radical (unpaired) electrons. The van der Waals surface area contributed by atoms with Crippen molar-refractivity contribution in [1.82, 2.24) is 13.9 Å². The summed E-state index contributed by atoms with van der Waals surface area (Å²) in [5.41, 5.74) is 0.743. The Morgan fingerprint density at radius 2 is 1.90 bits per heavy atom. The van der Waals surface area contributed by atoms with Crippen LogP contribution in [0.1, 0.15) is 29.5 Å². The molecule has 160 valence electrons. The van der Waals surface area contributed by atoms with Crippen LogP contribution in [0, 0.1) is 11.6 Å². The van der Waals surface area contributed by atoms with Gasteiger partial charge in [0.25, 0.3) is 0 Å². The second-order valence-corrected chi connectivity index (χ2v) is 8.97. The molecule has 0 aliphatic rings. The van der Waals surface area contributed by atoms with Gasteiger partial charge in [-0.25, -0.2) is 31.3 Å². The van der Waals surface area contributed by atoms with Crippen LogP contribution in [-0.2, 0) is 27.9 Å². The van der Waals surface area contributed by atoms with Crippen LogP contribution in [0.5, 0.6) is 0 Å². The lowest BCUT2D eigenvalue weighted by Crippen LogP contribution is -2.22. The standard InChI is InChI=1S/C20H21F2N3O4S/c1-4-9-25-18-8-6-14(30(27,28)24(2)3)11-17(18)23-19(25)12-29-20(26)15-7-5-13(21)10-16(15)22/h5-8,10-11H,4,9,12H2,1-3H3. The molecule has 1 heterocycles. The molecule has 0 amide bonds. The van der Waals surface area contributed by atoms with Crippen molar-refractivity contribution in [2.45, 2.75) is 31.4 Å². The highest BCUT2D eigenvalue weighted by atomic mass is 32.2. The van der Waals surface area contributed by atoms with Crippen LogP contribution in [0.2, 0.25) is 0 Å². The topological polar surface area (TPSA) is 81.5 Å². The number of nitrogens with zero attached hydrogens (tertiary/aromatic N) is 3. The predicted octanol–water partition coefficient (Wildman–Crippen LogP) is 3.33. The Bertz CT molecular complexity index is 1210. The molecule has 0 bridgehead atoms. The van der Waals surface area contributed by atoms with E-state index in [2.05, 4.69) is 4.98 Å². The fourth-order valence-corrected chi connectivity index (χ4v) is 3.90. The van der Waals surface area contributed by atoms with E-state index in [1.165, 1.54) is 26.2 Å². The monoisotopic (exact) mass is 437 g/mol. The maximum absolute atomic E-state index is 13.8. The first-order valence-corrected chi connectivity index (χ1v) is 10.6. The van der Waals surface area contributed by atoms with Gasteiger partial charge in [-0.2, -0.15) is 0 Å². The molecule has 7 nitrogen and oxygen atoms in total. The molecule has 0 saturated heterocycles. The average Bonchev–Trinajstić information content (AvgIpc) is 3.03. The third kappa shape index (κ3) is 4.19. The van der Waals surface area contributed by atoms with Gasteiger partial charge in [0.15, 0.2) is 0 Å². The van der Waals surface area contributed by atoms with Gasteiger partial charge in [-0.3, -0.25) is 0 Å². The number of halogens is 2. The van der Waals surface area contributed by atoms with E-state index in [-0.39, 0.29) is 17.1 Å². The largest absolute Gasteiger partial charge is 0.454 e. The zero-order valence-electron chi connectivity index (χ0n) is 16.7. The number of ether oxygens (including phenoxy) is 1.